The molecule has 4 N–H and O–H groups in total. The molecule has 1 amide bonds. The number of carbonyl (C=O) groups is 1. The van der Waals surface area contributed by atoms with Crippen LogP contribution in [-0.4, -0.2) is 40.1 Å². The van der Waals surface area contributed by atoms with Crippen LogP contribution in [0.3, 0.4) is 0 Å². The number of nitrogens with two attached hydrogens (primary N) is 1. The molecule has 1 saturated heterocycles. The molecular weight excluding hydrogens is 330 g/mol. The van der Waals surface area contributed by atoms with E-state index in [1.165, 1.54) is 12.1 Å². The van der Waals surface area contributed by atoms with Crippen LogP contribution >= 0.6 is 0 Å². The number of hydrogen-bond donors (Lipinski definition) is 3. The lowest BCUT2D eigenvalue weighted by atomic mass is 10.1. The maximum absolute atomic E-state index is 12.2. The van der Waals surface area contributed by atoms with Crippen LogP contribution in [0.2, 0.25) is 0 Å². The summed E-state index contributed by atoms with van der Waals surface area (Å²) in [6.45, 7) is 3.36. The first-order valence-corrected chi connectivity index (χ1v) is 9.58. The summed E-state index contributed by atoms with van der Waals surface area (Å²) in [5, 5.41) is 2.77. The molecule has 7 nitrogen and oxygen atoms in total. The van der Waals surface area contributed by atoms with Gasteiger partial charge >= 0.3 is 0 Å². The van der Waals surface area contributed by atoms with Gasteiger partial charge in [-0.25, -0.2) is 13.1 Å². The van der Waals surface area contributed by atoms with Crippen LogP contribution in [0, 0.1) is 5.92 Å². The molecule has 2 unspecified atom stereocenters. The minimum atomic E-state index is -3.55. The molecule has 1 aromatic rings. The van der Waals surface area contributed by atoms with Crippen molar-refractivity contribution in [2.24, 2.45) is 11.7 Å². The van der Waals surface area contributed by atoms with E-state index < -0.39 is 10.0 Å². The number of benzene rings is 1. The van der Waals surface area contributed by atoms with Crippen molar-refractivity contribution in [1.29, 1.82) is 0 Å². The fraction of sp³-hybridized carbons (Fsp3) is 0.562. The fourth-order valence-electron chi connectivity index (χ4n) is 2.35. The molecule has 1 aliphatic heterocycles. The SMILES string of the molecule is CC(CN)C(=O)NCc1ccc(S(=O)(=O)NCC2CCCO2)cc1. The number of hydrogen-bond acceptors (Lipinski definition) is 5. The van der Waals surface area contributed by atoms with Crippen molar-refractivity contribution >= 4 is 15.9 Å². The van der Waals surface area contributed by atoms with Crippen molar-refractivity contribution in [2.75, 3.05) is 19.7 Å². The van der Waals surface area contributed by atoms with Gasteiger partial charge in [0.2, 0.25) is 15.9 Å². The van der Waals surface area contributed by atoms with Crippen molar-refractivity contribution < 1.29 is 17.9 Å². The zero-order valence-electron chi connectivity index (χ0n) is 13.8. The summed E-state index contributed by atoms with van der Waals surface area (Å²) in [5.74, 6) is -0.362. The molecule has 1 aliphatic rings. The minimum Gasteiger partial charge on any atom is -0.377 e. The van der Waals surface area contributed by atoms with E-state index in [0.29, 0.717) is 19.7 Å². The highest BCUT2D eigenvalue weighted by Crippen LogP contribution is 2.14. The van der Waals surface area contributed by atoms with Gasteiger partial charge in [0.15, 0.2) is 0 Å². The van der Waals surface area contributed by atoms with Gasteiger partial charge in [-0.3, -0.25) is 4.79 Å². The van der Waals surface area contributed by atoms with Gasteiger partial charge in [-0.2, -0.15) is 0 Å². The zero-order valence-corrected chi connectivity index (χ0v) is 14.6. The van der Waals surface area contributed by atoms with E-state index in [-0.39, 0.29) is 29.4 Å². The standard InChI is InChI=1S/C16H25N3O4S/c1-12(9-17)16(20)18-10-13-4-6-15(7-5-13)24(21,22)19-11-14-3-2-8-23-14/h4-7,12,14,19H,2-3,8-11,17H2,1H3,(H,18,20). The predicted molar refractivity (Wildman–Crippen MR) is 90.7 cm³/mol. The summed E-state index contributed by atoms with van der Waals surface area (Å²) in [4.78, 5) is 11.9. The average molecular weight is 355 g/mol. The molecule has 24 heavy (non-hydrogen) atoms. The molecule has 0 aromatic heterocycles. The quantitative estimate of drug-likeness (QED) is 0.623. The number of nitrogens with one attached hydrogen (secondary N) is 2. The summed E-state index contributed by atoms with van der Waals surface area (Å²) < 4.78 is 32.5. The van der Waals surface area contributed by atoms with Crippen LogP contribution in [0.5, 0.6) is 0 Å². The smallest absolute Gasteiger partial charge is 0.240 e. The minimum absolute atomic E-state index is 0.0428. The lowest BCUT2D eigenvalue weighted by Gasteiger charge is -2.12. The van der Waals surface area contributed by atoms with Gasteiger partial charge in [0.25, 0.3) is 0 Å². The summed E-state index contributed by atoms with van der Waals surface area (Å²) >= 11 is 0. The molecule has 8 heteroatoms. The second-order valence-electron chi connectivity index (χ2n) is 5.99. The van der Waals surface area contributed by atoms with Gasteiger partial charge in [0, 0.05) is 32.2 Å². The van der Waals surface area contributed by atoms with Gasteiger partial charge < -0.3 is 15.8 Å². The Morgan fingerprint density at radius 1 is 1.38 bits per heavy atom. The summed E-state index contributed by atoms with van der Waals surface area (Å²) in [5.41, 5.74) is 6.26. The number of carbonyl (C=O) groups excluding carboxylic acids is 1. The average Bonchev–Trinajstić information content (AvgIpc) is 3.11. The first-order valence-electron chi connectivity index (χ1n) is 8.10. The Hall–Kier alpha value is -1.48. The molecule has 0 bridgehead atoms. The molecular formula is C16H25N3O4S. The maximum Gasteiger partial charge on any atom is 0.240 e. The molecule has 0 aliphatic carbocycles. The highest BCUT2D eigenvalue weighted by atomic mass is 32.2. The Morgan fingerprint density at radius 2 is 2.08 bits per heavy atom. The van der Waals surface area contributed by atoms with Crippen LogP contribution < -0.4 is 15.8 Å². The molecule has 134 valence electrons. The number of rotatable bonds is 8. The molecule has 0 spiro atoms. The summed E-state index contributed by atoms with van der Waals surface area (Å²) in [7, 11) is -3.55. The van der Waals surface area contributed by atoms with Gasteiger partial charge in [0.1, 0.15) is 0 Å². The van der Waals surface area contributed by atoms with Crippen molar-refractivity contribution in [3.63, 3.8) is 0 Å². The molecule has 0 radical (unpaired) electrons. The Kier molecular flexibility index (Phi) is 6.73. The molecule has 0 saturated carbocycles. The van der Waals surface area contributed by atoms with E-state index in [9.17, 15) is 13.2 Å². The van der Waals surface area contributed by atoms with Crippen LogP contribution in [0.15, 0.2) is 29.2 Å². The van der Waals surface area contributed by atoms with Crippen molar-refractivity contribution in [3.8, 4) is 0 Å². The second kappa shape index (κ2) is 8.57. The lowest BCUT2D eigenvalue weighted by Crippen LogP contribution is -2.33. The molecule has 2 rings (SSSR count). The number of sulfonamides is 1. The van der Waals surface area contributed by atoms with Gasteiger partial charge in [-0.05, 0) is 30.5 Å². The number of amides is 1. The van der Waals surface area contributed by atoms with E-state index in [4.69, 9.17) is 10.5 Å². The van der Waals surface area contributed by atoms with E-state index in [2.05, 4.69) is 10.0 Å². The van der Waals surface area contributed by atoms with E-state index in [1.807, 2.05) is 0 Å². The Labute approximate surface area is 143 Å². The van der Waals surface area contributed by atoms with Crippen molar-refractivity contribution in [3.05, 3.63) is 29.8 Å². The predicted octanol–water partition coefficient (Wildman–Crippen LogP) is 0.355. The fourth-order valence-corrected chi connectivity index (χ4v) is 3.41. The number of ether oxygens (including phenoxy) is 1. The van der Waals surface area contributed by atoms with Gasteiger partial charge in [0.05, 0.1) is 11.0 Å². The van der Waals surface area contributed by atoms with Crippen LogP contribution in [-0.2, 0) is 26.1 Å². The normalized spacial score (nSPS) is 19.2. The van der Waals surface area contributed by atoms with Crippen LogP contribution in [0.4, 0.5) is 0 Å². The van der Waals surface area contributed by atoms with Crippen LogP contribution in [0.1, 0.15) is 25.3 Å². The van der Waals surface area contributed by atoms with Gasteiger partial charge in [-0.1, -0.05) is 19.1 Å². The third kappa shape index (κ3) is 5.27. The first kappa shape index (κ1) is 18.9. The van der Waals surface area contributed by atoms with Crippen molar-refractivity contribution in [2.45, 2.75) is 37.3 Å². The van der Waals surface area contributed by atoms with E-state index >= 15 is 0 Å². The monoisotopic (exact) mass is 355 g/mol. The Morgan fingerprint density at radius 3 is 2.67 bits per heavy atom. The summed E-state index contributed by atoms with van der Waals surface area (Å²) in [6.07, 6.45) is 1.80. The molecule has 2 atom stereocenters. The molecule has 1 aromatic carbocycles. The topological polar surface area (TPSA) is 111 Å². The third-order valence-corrected chi connectivity index (χ3v) is 5.47. The lowest BCUT2D eigenvalue weighted by molar-refractivity contribution is -0.124. The molecule has 1 heterocycles. The van der Waals surface area contributed by atoms with E-state index in [0.717, 1.165) is 18.4 Å². The third-order valence-electron chi connectivity index (χ3n) is 4.03. The Bertz CT molecular complexity index is 640. The maximum atomic E-state index is 12.2. The second-order valence-corrected chi connectivity index (χ2v) is 7.75. The highest BCUT2D eigenvalue weighted by Gasteiger charge is 2.20. The highest BCUT2D eigenvalue weighted by molar-refractivity contribution is 7.89. The molecule has 1 fully saturated rings. The van der Waals surface area contributed by atoms with Crippen LogP contribution in [0.25, 0.3) is 0 Å². The van der Waals surface area contributed by atoms with Crippen molar-refractivity contribution in [1.82, 2.24) is 10.0 Å². The largest absolute Gasteiger partial charge is 0.377 e. The van der Waals surface area contributed by atoms with Gasteiger partial charge in [-0.15, -0.1) is 0 Å². The first-order chi connectivity index (χ1) is 11.4. The summed E-state index contributed by atoms with van der Waals surface area (Å²) in [6, 6.07) is 6.44. The zero-order chi connectivity index (χ0) is 17.6. The Balaban J connectivity index is 1.89. The van der Waals surface area contributed by atoms with E-state index in [1.54, 1.807) is 19.1 Å².